The van der Waals surface area contributed by atoms with Gasteiger partial charge in [-0.05, 0) is 89.9 Å². The van der Waals surface area contributed by atoms with Gasteiger partial charge in [0.2, 0.25) is 5.91 Å². The lowest BCUT2D eigenvalue weighted by Crippen LogP contribution is -2.45. The Morgan fingerprint density at radius 2 is 0.526 bits per heavy atom. The zero-order valence-electron chi connectivity index (χ0n) is 64.4. The maximum atomic E-state index is 12.6. The normalized spacial score (nSPS) is 12.7. The Hall–Kier alpha value is -2.18. The molecule has 2 atom stereocenters. The molecule has 95 heavy (non-hydrogen) atoms. The predicted octanol–water partition coefficient (Wildman–Crippen LogP) is 29.1. The molecule has 3 N–H and O–H groups in total. The van der Waals surface area contributed by atoms with Crippen molar-refractivity contribution in [2.75, 3.05) is 13.2 Å². The van der Waals surface area contributed by atoms with E-state index in [-0.39, 0.29) is 18.5 Å². The first-order chi connectivity index (χ1) is 47.0. The van der Waals surface area contributed by atoms with Gasteiger partial charge in [-0.3, -0.25) is 9.59 Å². The number of hydrogen-bond donors (Lipinski definition) is 3. The number of aliphatic hydroxyl groups is 2. The Kier molecular flexibility index (Phi) is 82.3. The van der Waals surface area contributed by atoms with Crippen LogP contribution in [0.2, 0.25) is 0 Å². The standard InChI is InChI=1S/C89H169NO5/c1-3-5-7-9-11-13-15-17-19-21-22-23-43-46-50-53-57-61-65-69-73-77-81-87(92)86(85-91)90-88(93)82-78-74-70-66-62-58-54-51-47-44-41-39-37-35-33-31-29-27-25-24-26-28-30-32-34-36-38-40-42-45-48-52-56-60-64-68-72-76-80-84-95-89(94)83-79-75-71-67-63-59-55-49-20-18-16-14-12-10-8-6-4-2/h18,20,24-25,28,30,77,81,86-87,91-92H,3-17,19,21-23,26-27,29,31-76,78-80,82-85H2,1-2H3,(H,90,93)/b20-18-,25-24-,30-28-,81-77+. The van der Waals surface area contributed by atoms with Crippen molar-refractivity contribution < 1.29 is 24.5 Å². The van der Waals surface area contributed by atoms with Gasteiger partial charge in [-0.25, -0.2) is 0 Å². The van der Waals surface area contributed by atoms with Crippen molar-refractivity contribution in [1.82, 2.24) is 5.32 Å². The van der Waals surface area contributed by atoms with Crippen LogP contribution >= 0.6 is 0 Å². The fourth-order valence-corrected chi connectivity index (χ4v) is 13.7. The lowest BCUT2D eigenvalue weighted by atomic mass is 10.0. The zero-order valence-corrected chi connectivity index (χ0v) is 64.4. The van der Waals surface area contributed by atoms with Crippen LogP contribution < -0.4 is 5.32 Å². The van der Waals surface area contributed by atoms with Gasteiger partial charge >= 0.3 is 5.97 Å². The fraction of sp³-hybridized carbons (Fsp3) is 0.888. The summed E-state index contributed by atoms with van der Waals surface area (Å²) < 4.78 is 5.51. The second-order valence-corrected chi connectivity index (χ2v) is 29.9. The van der Waals surface area contributed by atoms with E-state index < -0.39 is 12.1 Å². The van der Waals surface area contributed by atoms with E-state index in [1.807, 2.05) is 6.08 Å². The molecule has 560 valence electrons. The van der Waals surface area contributed by atoms with Crippen molar-refractivity contribution in [2.24, 2.45) is 0 Å². The van der Waals surface area contributed by atoms with Crippen LogP contribution in [0.5, 0.6) is 0 Å². The number of ether oxygens (including phenoxy) is 1. The molecule has 0 aliphatic carbocycles. The number of unbranched alkanes of at least 4 members (excludes halogenated alkanes) is 65. The molecule has 0 bridgehead atoms. The molecule has 2 unspecified atom stereocenters. The van der Waals surface area contributed by atoms with Crippen LogP contribution in [0.15, 0.2) is 48.6 Å². The minimum absolute atomic E-state index is 0.0175. The molecule has 0 aliphatic rings. The highest BCUT2D eigenvalue weighted by atomic mass is 16.5. The van der Waals surface area contributed by atoms with Crippen LogP contribution in [0, 0.1) is 0 Å². The van der Waals surface area contributed by atoms with Crippen molar-refractivity contribution >= 4 is 11.9 Å². The number of allylic oxidation sites excluding steroid dienone is 7. The first kappa shape index (κ1) is 92.8. The molecule has 0 aromatic heterocycles. The predicted molar refractivity (Wildman–Crippen MR) is 421 cm³/mol. The summed E-state index contributed by atoms with van der Waals surface area (Å²) in [7, 11) is 0. The molecular weight excluding hydrogens is 1160 g/mol. The van der Waals surface area contributed by atoms with E-state index in [4.69, 9.17) is 4.74 Å². The number of carbonyl (C=O) groups is 2. The Morgan fingerprint density at radius 1 is 0.295 bits per heavy atom. The Bertz CT molecular complexity index is 1590. The highest BCUT2D eigenvalue weighted by molar-refractivity contribution is 5.76. The molecular formula is C89H169NO5. The number of nitrogens with one attached hydrogen (secondary N) is 1. The molecule has 6 nitrogen and oxygen atoms in total. The maximum absolute atomic E-state index is 12.6. The lowest BCUT2D eigenvalue weighted by molar-refractivity contribution is -0.143. The second kappa shape index (κ2) is 84.2. The van der Waals surface area contributed by atoms with E-state index in [2.05, 4.69) is 55.6 Å². The van der Waals surface area contributed by atoms with Crippen LogP contribution in [-0.4, -0.2) is 47.4 Å². The molecule has 0 rings (SSSR count). The maximum Gasteiger partial charge on any atom is 0.305 e. The van der Waals surface area contributed by atoms with Gasteiger partial charge < -0.3 is 20.3 Å². The molecule has 0 spiro atoms. The van der Waals surface area contributed by atoms with Gasteiger partial charge in [0.1, 0.15) is 0 Å². The minimum Gasteiger partial charge on any atom is -0.466 e. The Morgan fingerprint density at radius 3 is 0.811 bits per heavy atom. The van der Waals surface area contributed by atoms with Crippen molar-refractivity contribution in [3.05, 3.63) is 48.6 Å². The zero-order chi connectivity index (χ0) is 68.4. The third-order valence-corrected chi connectivity index (χ3v) is 20.3. The Balaban J connectivity index is 3.37. The van der Waals surface area contributed by atoms with E-state index >= 15 is 0 Å². The number of rotatable bonds is 82. The van der Waals surface area contributed by atoms with Crippen LogP contribution in [0.1, 0.15) is 483 Å². The van der Waals surface area contributed by atoms with E-state index in [0.717, 1.165) is 51.4 Å². The molecule has 0 aromatic carbocycles. The Labute approximate surface area is 595 Å². The number of amides is 1. The lowest BCUT2D eigenvalue weighted by Gasteiger charge is -2.20. The average Bonchev–Trinajstić information content (AvgIpc) is 3.51. The average molecular weight is 1330 g/mol. The van der Waals surface area contributed by atoms with Crippen molar-refractivity contribution in [2.45, 2.75) is 495 Å². The third-order valence-electron chi connectivity index (χ3n) is 20.3. The van der Waals surface area contributed by atoms with Crippen LogP contribution in [0.3, 0.4) is 0 Å². The second-order valence-electron chi connectivity index (χ2n) is 29.9. The summed E-state index contributed by atoms with van der Waals surface area (Å²) in [6.45, 7) is 4.95. The minimum atomic E-state index is -0.844. The van der Waals surface area contributed by atoms with Gasteiger partial charge in [-0.1, -0.05) is 428 Å². The summed E-state index contributed by atoms with van der Waals surface area (Å²) in [4.78, 5) is 24.7. The number of aliphatic hydroxyl groups excluding tert-OH is 2. The molecule has 0 heterocycles. The van der Waals surface area contributed by atoms with Gasteiger partial charge in [-0.15, -0.1) is 0 Å². The molecule has 1 amide bonds. The highest BCUT2D eigenvalue weighted by Crippen LogP contribution is 2.20. The van der Waals surface area contributed by atoms with Crippen molar-refractivity contribution in [3.8, 4) is 0 Å². The number of hydrogen-bond acceptors (Lipinski definition) is 5. The largest absolute Gasteiger partial charge is 0.466 e. The molecule has 0 saturated heterocycles. The summed E-state index contributed by atoms with van der Waals surface area (Å²) in [5, 5.41) is 23.3. The van der Waals surface area contributed by atoms with Crippen LogP contribution in [0.25, 0.3) is 0 Å². The molecule has 0 fully saturated rings. The van der Waals surface area contributed by atoms with Gasteiger partial charge in [-0.2, -0.15) is 0 Å². The molecule has 6 heteroatoms. The molecule has 0 aliphatic heterocycles. The van der Waals surface area contributed by atoms with Gasteiger partial charge in [0.15, 0.2) is 0 Å². The quantitative estimate of drug-likeness (QED) is 0.0320. The highest BCUT2D eigenvalue weighted by Gasteiger charge is 2.18. The van der Waals surface area contributed by atoms with E-state index in [9.17, 15) is 19.8 Å². The summed E-state index contributed by atoms with van der Waals surface area (Å²) in [5.41, 5.74) is 0. The summed E-state index contributed by atoms with van der Waals surface area (Å²) >= 11 is 0. The molecule has 0 aromatic rings. The van der Waals surface area contributed by atoms with Gasteiger partial charge in [0.05, 0.1) is 25.4 Å². The first-order valence-electron chi connectivity index (χ1n) is 43.4. The fourth-order valence-electron chi connectivity index (χ4n) is 13.7. The van der Waals surface area contributed by atoms with Crippen molar-refractivity contribution in [1.29, 1.82) is 0 Å². The smallest absolute Gasteiger partial charge is 0.305 e. The van der Waals surface area contributed by atoms with Crippen molar-refractivity contribution in [3.63, 3.8) is 0 Å². The van der Waals surface area contributed by atoms with Crippen LogP contribution in [-0.2, 0) is 14.3 Å². The SMILES string of the molecule is CCCCCCCC/C=C\CCCCCCCCCC(=O)OCCCCCCCCCCCCCCCCC/C=C\C/C=C\CCCCCCCCCCCCCCCCCCCC(=O)NC(CO)C(O)/C=C/CCCCCCCCCCCCCCCCCCCCCC. The molecule has 0 saturated carbocycles. The topological polar surface area (TPSA) is 95.9 Å². The third kappa shape index (κ3) is 80.7. The van der Waals surface area contributed by atoms with E-state index in [0.29, 0.717) is 19.4 Å². The summed E-state index contributed by atoms with van der Waals surface area (Å²) in [6.07, 6.45) is 113. The number of carbonyl (C=O) groups excluding carboxylic acids is 2. The molecule has 0 radical (unpaired) electrons. The number of esters is 1. The van der Waals surface area contributed by atoms with Crippen LogP contribution in [0.4, 0.5) is 0 Å². The van der Waals surface area contributed by atoms with Gasteiger partial charge in [0.25, 0.3) is 0 Å². The van der Waals surface area contributed by atoms with E-state index in [1.54, 1.807) is 6.08 Å². The first-order valence-corrected chi connectivity index (χ1v) is 43.4. The summed E-state index contributed by atoms with van der Waals surface area (Å²) in [5.74, 6) is -0.0426. The monoisotopic (exact) mass is 1330 g/mol. The summed E-state index contributed by atoms with van der Waals surface area (Å²) in [6, 6.07) is -0.627. The van der Waals surface area contributed by atoms with E-state index in [1.165, 1.54) is 405 Å². The van der Waals surface area contributed by atoms with Gasteiger partial charge in [0, 0.05) is 12.8 Å².